The second kappa shape index (κ2) is 6.94. The minimum Gasteiger partial charge on any atom is -0.370 e. The van der Waals surface area contributed by atoms with E-state index in [0.717, 1.165) is 23.9 Å². The van der Waals surface area contributed by atoms with Gasteiger partial charge in [-0.15, -0.1) is 0 Å². The Bertz CT molecular complexity index is 489. The maximum absolute atomic E-state index is 11.0. The van der Waals surface area contributed by atoms with Gasteiger partial charge in [-0.25, -0.2) is 18.4 Å². The van der Waals surface area contributed by atoms with Crippen molar-refractivity contribution < 1.29 is 8.42 Å². The summed E-state index contributed by atoms with van der Waals surface area (Å²) < 4.78 is 22.0. The highest BCUT2D eigenvalue weighted by Gasteiger charge is 2.05. The number of hydrogen-bond acceptors (Lipinski definition) is 6. The summed E-state index contributed by atoms with van der Waals surface area (Å²) in [4.78, 5) is 8.69. The summed E-state index contributed by atoms with van der Waals surface area (Å²) in [5.74, 6) is 2.97. The molecule has 0 fully saturated rings. The molecule has 0 aliphatic heterocycles. The van der Waals surface area contributed by atoms with Gasteiger partial charge >= 0.3 is 0 Å². The van der Waals surface area contributed by atoms with Gasteiger partial charge in [-0.05, 0) is 13.8 Å². The molecule has 1 aromatic rings. The first-order valence-electron chi connectivity index (χ1n) is 5.74. The highest BCUT2D eigenvalue weighted by Crippen LogP contribution is 2.12. The van der Waals surface area contributed by atoms with Gasteiger partial charge in [0, 0.05) is 30.3 Å². The van der Waals surface area contributed by atoms with Crippen LogP contribution < -0.4 is 5.32 Å². The van der Waals surface area contributed by atoms with Gasteiger partial charge < -0.3 is 5.32 Å². The summed E-state index contributed by atoms with van der Waals surface area (Å²) in [6, 6.07) is 1.90. The fourth-order valence-electron chi connectivity index (χ4n) is 1.34. The summed E-state index contributed by atoms with van der Waals surface area (Å²) in [5.41, 5.74) is 0.916. The molecule has 0 bridgehead atoms. The average Bonchev–Trinajstić information content (AvgIpc) is 2.23. The van der Waals surface area contributed by atoms with E-state index in [9.17, 15) is 8.42 Å². The molecule has 0 unspecified atom stereocenters. The fourth-order valence-corrected chi connectivity index (χ4v) is 3.48. The average molecular weight is 289 g/mol. The molecule has 0 saturated heterocycles. The van der Waals surface area contributed by atoms with Gasteiger partial charge in [0.25, 0.3) is 0 Å². The minimum atomic E-state index is -2.88. The molecule has 7 heteroatoms. The van der Waals surface area contributed by atoms with Crippen LogP contribution in [0.1, 0.15) is 18.4 Å². The second-order valence-corrected chi connectivity index (χ2v) is 7.39. The van der Waals surface area contributed by atoms with Crippen molar-refractivity contribution in [2.24, 2.45) is 0 Å². The molecule has 0 radical (unpaired) electrons. The van der Waals surface area contributed by atoms with Crippen LogP contribution in [0.25, 0.3) is 0 Å². The number of nitrogens with zero attached hydrogens (tertiary/aromatic N) is 2. The zero-order valence-electron chi connectivity index (χ0n) is 10.9. The fraction of sp³-hybridized carbons (Fsp3) is 0.636. The highest BCUT2D eigenvalue weighted by molar-refractivity contribution is 7.99. The van der Waals surface area contributed by atoms with Crippen LogP contribution in [0.2, 0.25) is 0 Å². The molecule has 18 heavy (non-hydrogen) atoms. The first-order valence-corrected chi connectivity index (χ1v) is 8.96. The standard InChI is InChI=1S/C11H19N3O2S2/c1-4-12-10-7-9(2)13-11(14-10)8-17-5-6-18(3,15)16/h7H,4-6,8H2,1-3H3,(H,12,13,14). The third-order valence-electron chi connectivity index (χ3n) is 2.09. The maximum Gasteiger partial charge on any atom is 0.148 e. The van der Waals surface area contributed by atoms with Gasteiger partial charge in [-0.3, -0.25) is 0 Å². The van der Waals surface area contributed by atoms with Crippen LogP contribution in [0.15, 0.2) is 6.07 Å². The smallest absolute Gasteiger partial charge is 0.148 e. The Labute approximate surface area is 113 Å². The molecule has 0 aliphatic carbocycles. The summed E-state index contributed by atoms with van der Waals surface area (Å²) in [5, 5.41) is 3.15. The summed E-state index contributed by atoms with van der Waals surface area (Å²) in [7, 11) is -2.88. The number of hydrogen-bond donors (Lipinski definition) is 1. The van der Waals surface area contributed by atoms with Gasteiger partial charge in [0.05, 0.1) is 11.5 Å². The molecule has 0 spiro atoms. The monoisotopic (exact) mass is 289 g/mol. The Balaban J connectivity index is 2.51. The molecule has 1 N–H and O–H groups in total. The van der Waals surface area contributed by atoms with Gasteiger partial charge in [0.15, 0.2) is 0 Å². The Morgan fingerprint density at radius 1 is 1.39 bits per heavy atom. The van der Waals surface area contributed by atoms with Crippen molar-refractivity contribution >= 4 is 27.4 Å². The lowest BCUT2D eigenvalue weighted by Crippen LogP contribution is -2.07. The Hall–Kier alpha value is -0.820. The highest BCUT2D eigenvalue weighted by atomic mass is 32.2. The predicted molar refractivity (Wildman–Crippen MR) is 76.8 cm³/mol. The minimum absolute atomic E-state index is 0.198. The molecule has 1 rings (SSSR count). The number of aryl methyl sites for hydroxylation is 1. The first-order chi connectivity index (χ1) is 8.40. The molecule has 0 amide bonds. The molecular weight excluding hydrogens is 270 g/mol. The van der Waals surface area contributed by atoms with Crippen molar-refractivity contribution in [2.45, 2.75) is 19.6 Å². The number of sulfone groups is 1. The lowest BCUT2D eigenvalue weighted by atomic mass is 10.4. The van der Waals surface area contributed by atoms with E-state index in [-0.39, 0.29) is 5.75 Å². The van der Waals surface area contributed by atoms with Crippen LogP contribution in [0.4, 0.5) is 5.82 Å². The molecule has 1 heterocycles. The van der Waals surface area contributed by atoms with Gasteiger partial charge in [0.2, 0.25) is 0 Å². The van der Waals surface area contributed by atoms with E-state index < -0.39 is 9.84 Å². The Morgan fingerprint density at radius 3 is 2.72 bits per heavy atom. The van der Waals surface area contributed by atoms with Crippen LogP contribution in [-0.4, -0.2) is 42.7 Å². The van der Waals surface area contributed by atoms with E-state index in [2.05, 4.69) is 15.3 Å². The lowest BCUT2D eigenvalue weighted by Gasteiger charge is -2.06. The molecule has 1 aromatic heterocycles. The number of anilines is 1. The quantitative estimate of drug-likeness (QED) is 0.767. The number of rotatable bonds is 7. The van der Waals surface area contributed by atoms with E-state index >= 15 is 0 Å². The summed E-state index contributed by atoms with van der Waals surface area (Å²) in [6.45, 7) is 4.75. The van der Waals surface area contributed by atoms with E-state index in [1.54, 1.807) is 0 Å². The molecule has 0 aromatic carbocycles. The van der Waals surface area contributed by atoms with E-state index in [1.807, 2.05) is 19.9 Å². The van der Waals surface area contributed by atoms with Crippen molar-refractivity contribution in [3.8, 4) is 0 Å². The molecule has 5 nitrogen and oxygen atoms in total. The molecule has 0 aliphatic rings. The third kappa shape index (κ3) is 6.20. The zero-order valence-corrected chi connectivity index (χ0v) is 12.6. The van der Waals surface area contributed by atoms with Gasteiger partial charge in [-0.2, -0.15) is 11.8 Å². The van der Waals surface area contributed by atoms with Crippen LogP contribution in [-0.2, 0) is 15.6 Å². The van der Waals surface area contributed by atoms with Crippen molar-refractivity contribution in [3.63, 3.8) is 0 Å². The van der Waals surface area contributed by atoms with E-state index in [0.29, 0.717) is 11.5 Å². The lowest BCUT2D eigenvalue weighted by molar-refractivity contribution is 0.603. The molecule has 0 atom stereocenters. The van der Waals surface area contributed by atoms with Crippen LogP contribution in [0.5, 0.6) is 0 Å². The zero-order chi connectivity index (χ0) is 13.6. The van der Waals surface area contributed by atoms with Gasteiger partial charge in [0.1, 0.15) is 21.5 Å². The predicted octanol–water partition coefficient (Wildman–Crippen LogP) is 1.49. The van der Waals surface area contributed by atoms with Crippen molar-refractivity contribution in [2.75, 3.05) is 29.6 Å². The summed E-state index contributed by atoms with van der Waals surface area (Å²) >= 11 is 1.54. The maximum atomic E-state index is 11.0. The van der Waals surface area contributed by atoms with Crippen molar-refractivity contribution in [3.05, 3.63) is 17.6 Å². The van der Waals surface area contributed by atoms with E-state index in [1.165, 1.54) is 18.0 Å². The number of nitrogens with one attached hydrogen (secondary N) is 1. The Morgan fingerprint density at radius 2 is 2.11 bits per heavy atom. The van der Waals surface area contributed by atoms with Gasteiger partial charge in [-0.1, -0.05) is 0 Å². The van der Waals surface area contributed by atoms with E-state index in [4.69, 9.17) is 0 Å². The molecule has 102 valence electrons. The number of aromatic nitrogens is 2. The normalized spacial score (nSPS) is 11.5. The summed E-state index contributed by atoms with van der Waals surface area (Å²) in [6.07, 6.45) is 1.25. The second-order valence-electron chi connectivity index (χ2n) is 4.02. The molecular formula is C11H19N3O2S2. The Kier molecular flexibility index (Phi) is 5.87. The molecule has 0 saturated carbocycles. The first kappa shape index (κ1) is 15.2. The number of thioether (sulfide) groups is 1. The van der Waals surface area contributed by atoms with Crippen molar-refractivity contribution in [1.82, 2.24) is 9.97 Å². The van der Waals surface area contributed by atoms with Crippen molar-refractivity contribution in [1.29, 1.82) is 0 Å². The van der Waals surface area contributed by atoms with Crippen LogP contribution in [0.3, 0.4) is 0 Å². The third-order valence-corrected chi connectivity index (χ3v) is 4.25. The SMILES string of the molecule is CCNc1cc(C)nc(CSCCS(C)(=O)=O)n1. The largest absolute Gasteiger partial charge is 0.370 e. The van der Waals surface area contributed by atoms with Crippen LogP contribution in [0, 0.1) is 6.92 Å². The van der Waals surface area contributed by atoms with Crippen LogP contribution >= 0.6 is 11.8 Å². The topological polar surface area (TPSA) is 72.0 Å².